The normalized spacial score (nSPS) is 10.4. The molecule has 0 saturated heterocycles. The summed E-state index contributed by atoms with van der Waals surface area (Å²) in [6.45, 7) is -0.0282. The number of hydrogen-bond donors (Lipinski definition) is 1. The highest BCUT2D eigenvalue weighted by Gasteiger charge is 2.04. The van der Waals surface area contributed by atoms with Gasteiger partial charge in [-0.2, -0.15) is 5.10 Å². The first kappa shape index (κ1) is 9.60. The zero-order valence-corrected chi connectivity index (χ0v) is 9.42. The SMILES string of the molecule is OCc1cnccc1-n1cc(I)cn1. The highest BCUT2D eigenvalue weighted by Crippen LogP contribution is 2.13. The van der Waals surface area contributed by atoms with E-state index in [-0.39, 0.29) is 6.61 Å². The van der Waals surface area contributed by atoms with Gasteiger partial charge in [-0.15, -0.1) is 0 Å². The Morgan fingerprint density at radius 3 is 2.93 bits per heavy atom. The van der Waals surface area contributed by atoms with Gasteiger partial charge in [-0.05, 0) is 28.7 Å². The van der Waals surface area contributed by atoms with Gasteiger partial charge < -0.3 is 5.11 Å². The lowest BCUT2D eigenvalue weighted by molar-refractivity contribution is 0.281. The number of hydrogen-bond acceptors (Lipinski definition) is 3. The van der Waals surface area contributed by atoms with E-state index >= 15 is 0 Å². The fourth-order valence-electron chi connectivity index (χ4n) is 1.20. The molecule has 0 atom stereocenters. The van der Waals surface area contributed by atoms with Crippen LogP contribution in [0.3, 0.4) is 0 Å². The van der Waals surface area contributed by atoms with Gasteiger partial charge in [0.1, 0.15) is 0 Å². The number of halogens is 1. The zero-order valence-electron chi connectivity index (χ0n) is 7.26. The average molecular weight is 301 g/mol. The highest BCUT2D eigenvalue weighted by molar-refractivity contribution is 14.1. The second-order valence-electron chi connectivity index (χ2n) is 2.77. The summed E-state index contributed by atoms with van der Waals surface area (Å²) in [5.74, 6) is 0. The maximum atomic E-state index is 9.10. The Labute approximate surface area is 94.7 Å². The lowest BCUT2D eigenvalue weighted by Crippen LogP contribution is -2.00. The van der Waals surface area contributed by atoms with Gasteiger partial charge in [-0.1, -0.05) is 0 Å². The molecule has 0 aromatic carbocycles. The van der Waals surface area contributed by atoms with Crippen LogP contribution in [0, 0.1) is 3.57 Å². The molecule has 0 aliphatic heterocycles. The maximum Gasteiger partial charge on any atom is 0.0731 e. The Hall–Kier alpha value is -0.950. The summed E-state index contributed by atoms with van der Waals surface area (Å²) in [4.78, 5) is 3.95. The summed E-state index contributed by atoms with van der Waals surface area (Å²) in [7, 11) is 0. The maximum absolute atomic E-state index is 9.10. The van der Waals surface area contributed by atoms with E-state index in [4.69, 9.17) is 5.11 Å². The molecular formula is C9H8IN3O. The summed E-state index contributed by atoms with van der Waals surface area (Å²) in [5, 5.41) is 13.3. The molecule has 0 spiro atoms. The van der Waals surface area contributed by atoms with E-state index in [1.54, 1.807) is 23.3 Å². The number of aliphatic hydroxyl groups excluding tert-OH is 1. The van der Waals surface area contributed by atoms with Crippen LogP contribution in [0.15, 0.2) is 30.9 Å². The Balaban J connectivity index is 2.50. The van der Waals surface area contributed by atoms with Crippen molar-refractivity contribution >= 4 is 22.6 Å². The zero-order chi connectivity index (χ0) is 9.97. The standard InChI is InChI=1S/C9H8IN3O/c10-8-4-12-13(5-8)9-1-2-11-3-7(9)6-14/h1-5,14H,6H2. The van der Waals surface area contributed by atoms with Gasteiger partial charge in [0, 0.05) is 24.2 Å². The van der Waals surface area contributed by atoms with Crippen molar-refractivity contribution in [3.8, 4) is 5.69 Å². The Bertz CT molecular complexity index is 441. The van der Waals surface area contributed by atoms with Gasteiger partial charge in [-0.25, -0.2) is 4.68 Å². The topological polar surface area (TPSA) is 50.9 Å². The predicted molar refractivity (Wildman–Crippen MR) is 60.0 cm³/mol. The first-order valence-electron chi connectivity index (χ1n) is 4.05. The number of aliphatic hydroxyl groups is 1. The van der Waals surface area contributed by atoms with Crippen LogP contribution in [0.1, 0.15) is 5.56 Å². The summed E-state index contributed by atoms with van der Waals surface area (Å²) >= 11 is 2.19. The number of aromatic nitrogens is 3. The fraction of sp³-hybridized carbons (Fsp3) is 0.111. The third-order valence-electron chi connectivity index (χ3n) is 1.85. The molecule has 0 unspecified atom stereocenters. The van der Waals surface area contributed by atoms with E-state index in [9.17, 15) is 0 Å². The number of rotatable bonds is 2. The third kappa shape index (κ3) is 1.78. The van der Waals surface area contributed by atoms with Gasteiger partial charge in [-0.3, -0.25) is 4.98 Å². The minimum absolute atomic E-state index is 0.0282. The molecule has 2 rings (SSSR count). The molecule has 4 nitrogen and oxygen atoms in total. The molecule has 0 fully saturated rings. The Morgan fingerprint density at radius 1 is 1.43 bits per heavy atom. The molecule has 0 bridgehead atoms. The minimum Gasteiger partial charge on any atom is -0.392 e. The summed E-state index contributed by atoms with van der Waals surface area (Å²) in [5.41, 5.74) is 1.64. The van der Waals surface area contributed by atoms with Crippen molar-refractivity contribution in [2.24, 2.45) is 0 Å². The fourth-order valence-corrected chi connectivity index (χ4v) is 1.59. The monoisotopic (exact) mass is 301 g/mol. The summed E-state index contributed by atoms with van der Waals surface area (Å²) < 4.78 is 2.79. The van der Waals surface area contributed by atoms with E-state index in [0.29, 0.717) is 0 Å². The quantitative estimate of drug-likeness (QED) is 0.852. The van der Waals surface area contributed by atoms with Crippen molar-refractivity contribution in [1.82, 2.24) is 14.8 Å². The molecule has 0 amide bonds. The predicted octanol–water partition coefficient (Wildman–Crippen LogP) is 1.36. The molecule has 2 heterocycles. The van der Waals surface area contributed by atoms with E-state index in [1.165, 1.54) is 0 Å². The average Bonchev–Trinajstić information content (AvgIpc) is 2.65. The van der Waals surface area contributed by atoms with Crippen LogP contribution < -0.4 is 0 Å². The lowest BCUT2D eigenvalue weighted by Gasteiger charge is -2.05. The van der Waals surface area contributed by atoms with Crippen molar-refractivity contribution in [2.45, 2.75) is 6.61 Å². The molecule has 72 valence electrons. The van der Waals surface area contributed by atoms with E-state index in [1.807, 2.05) is 12.3 Å². The van der Waals surface area contributed by atoms with Crippen molar-refractivity contribution in [3.63, 3.8) is 0 Å². The molecule has 0 radical (unpaired) electrons. The van der Waals surface area contributed by atoms with Gasteiger partial charge in [0.05, 0.1) is 22.1 Å². The molecular weight excluding hydrogens is 293 g/mol. The first-order valence-corrected chi connectivity index (χ1v) is 5.13. The van der Waals surface area contributed by atoms with E-state index in [2.05, 4.69) is 32.7 Å². The van der Waals surface area contributed by atoms with Gasteiger partial charge in [0.2, 0.25) is 0 Å². The van der Waals surface area contributed by atoms with Crippen LogP contribution >= 0.6 is 22.6 Å². The smallest absolute Gasteiger partial charge is 0.0731 e. The van der Waals surface area contributed by atoms with Crippen LogP contribution in [0.5, 0.6) is 0 Å². The molecule has 0 aliphatic carbocycles. The second kappa shape index (κ2) is 4.05. The largest absolute Gasteiger partial charge is 0.392 e. The molecule has 2 aromatic rings. The first-order chi connectivity index (χ1) is 6.81. The molecule has 0 saturated carbocycles. The van der Waals surface area contributed by atoms with Crippen molar-refractivity contribution in [3.05, 3.63) is 40.0 Å². The summed E-state index contributed by atoms with van der Waals surface area (Å²) in [6.07, 6.45) is 6.99. The summed E-state index contributed by atoms with van der Waals surface area (Å²) in [6, 6.07) is 1.83. The molecule has 2 aromatic heterocycles. The molecule has 5 heteroatoms. The van der Waals surface area contributed by atoms with Crippen LogP contribution in [0.2, 0.25) is 0 Å². The van der Waals surface area contributed by atoms with Crippen LogP contribution in [-0.2, 0) is 6.61 Å². The molecule has 0 aliphatic rings. The molecule has 14 heavy (non-hydrogen) atoms. The minimum atomic E-state index is -0.0282. The highest BCUT2D eigenvalue weighted by atomic mass is 127. The van der Waals surface area contributed by atoms with Crippen molar-refractivity contribution in [1.29, 1.82) is 0 Å². The Morgan fingerprint density at radius 2 is 2.29 bits per heavy atom. The number of pyridine rings is 1. The number of nitrogens with zero attached hydrogens (tertiary/aromatic N) is 3. The Kier molecular flexibility index (Phi) is 2.78. The van der Waals surface area contributed by atoms with Crippen molar-refractivity contribution < 1.29 is 5.11 Å². The van der Waals surface area contributed by atoms with Crippen LogP contribution in [0.25, 0.3) is 5.69 Å². The van der Waals surface area contributed by atoms with Gasteiger partial charge in [0.15, 0.2) is 0 Å². The van der Waals surface area contributed by atoms with Crippen LogP contribution in [-0.4, -0.2) is 19.9 Å². The van der Waals surface area contributed by atoms with E-state index < -0.39 is 0 Å². The van der Waals surface area contributed by atoms with Crippen LogP contribution in [0.4, 0.5) is 0 Å². The van der Waals surface area contributed by atoms with Gasteiger partial charge in [0.25, 0.3) is 0 Å². The third-order valence-corrected chi connectivity index (χ3v) is 2.40. The van der Waals surface area contributed by atoms with Crippen molar-refractivity contribution in [2.75, 3.05) is 0 Å². The molecule has 1 N–H and O–H groups in total. The second-order valence-corrected chi connectivity index (χ2v) is 4.01. The van der Waals surface area contributed by atoms with E-state index in [0.717, 1.165) is 14.8 Å². The lowest BCUT2D eigenvalue weighted by atomic mass is 10.2. The van der Waals surface area contributed by atoms with Gasteiger partial charge >= 0.3 is 0 Å².